The van der Waals surface area contributed by atoms with Crippen molar-refractivity contribution in [3.05, 3.63) is 94.5 Å². The van der Waals surface area contributed by atoms with Gasteiger partial charge in [-0.1, -0.05) is 53.5 Å². The van der Waals surface area contributed by atoms with Crippen LogP contribution in [0, 0.1) is 0 Å². The molecule has 1 radical (unpaired) electrons. The molecule has 0 heterocycles. The Labute approximate surface area is 171 Å². The molecule has 0 amide bonds. The van der Waals surface area contributed by atoms with Crippen LogP contribution >= 0.6 is 23.2 Å². The van der Waals surface area contributed by atoms with Crippen molar-refractivity contribution in [2.45, 2.75) is 11.6 Å². The monoisotopic (exact) mass is 397 g/mol. The largest absolute Gasteiger partial charge is 0.340 e. The van der Waals surface area contributed by atoms with Gasteiger partial charge in [-0.15, -0.1) is 11.6 Å². The highest BCUT2D eigenvalue weighted by molar-refractivity contribution is 6.31. The Morgan fingerprint density at radius 2 is 1.27 bits per heavy atom. The third-order valence-electron chi connectivity index (χ3n) is 3.22. The lowest BCUT2D eigenvalue weighted by Crippen LogP contribution is -2.13. The summed E-state index contributed by atoms with van der Waals surface area (Å²) in [5, 5.41) is 4.74. The molecule has 0 aliphatic rings. The van der Waals surface area contributed by atoms with Gasteiger partial charge in [0, 0.05) is 21.3 Å². The van der Waals surface area contributed by atoms with Crippen LogP contribution in [0.3, 0.4) is 0 Å². The van der Waals surface area contributed by atoms with Gasteiger partial charge >= 0.3 is 0 Å². The first-order chi connectivity index (χ1) is 12.6. The van der Waals surface area contributed by atoms with Crippen LogP contribution in [-0.4, -0.2) is 21.1 Å². The number of nitrogens with one attached hydrogen (secondary N) is 1. The summed E-state index contributed by atoms with van der Waals surface area (Å²) in [5.74, 6) is 5.18. The summed E-state index contributed by atoms with van der Waals surface area (Å²) < 4.78 is 0. The van der Waals surface area contributed by atoms with Crippen molar-refractivity contribution in [3.63, 3.8) is 0 Å². The predicted molar refractivity (Wildman–Crippen MR) is 117 cm³/mol. The zero-order chi connectivity index (χ0) is 18.8. The first kappa shape index (κ1) is 20.6. The van der Waals surface area contributed by atoms with Crippen molar-refractivity contribution >= 4 is 55.6 Å². The Morgan fingerprint density at radius 1 is 0.769 bits per heavy atom. The van der Waals surface area contributed by atoms with Crippen molar-refractivity contribution in [2.75, 3.05) is 5.32 Å². The van der Waals surface area contributed by atoms with Gasteiger partial charge in [0.25, 0.3) is 0 Å². The second kappa shape index (κ2) is 11.1. The molecule has 0 spiro atoms. The van der Waals surface area contributed by atoms with Gasteiger partial charge in [-0.05, 0) is 48.5 Å². The van der Waals surface area contributed by atoms with Crippen LogP contribution in [0.1, 0.15) is 5.56 Å². The van der Waals surface area contributed by atoms with Gasteiger partial charge in [0.1, 0.15) is 5.84 Å². The van der Waals surface area contributed by atoms with E-state index in [1.165, 1.54) is 0 Å². The van der Waals surface area contributed by atoms with Gasteiger partial charge in [-0.25, -0.2) is 4.99 Å². The van der Waals surface area contributed by atoms with Crippen molar-refractivity contribution in [3.8, 4) is 0 Å². The molecule has 2 nitrogen and oxygen atoms in total. The molecule has 26 heavy (non-hydrogen) atoms. The maximum atomic E-state index is 5.94. The minimum absolute atomic E-state index is 0.691. The highest BCUT2D eigenvalue weighted by Crippen LogP contribution is 2.20. The first-order valence-corrected chi connectivity index (χ1v) is 11.3. The van der Waals surface area contributed by atoms with Crippen LogP contribution in [0.25, 0.3) is 0 Å². The molecule has 0 saturated carbocycles. The van der Waals surface area contributed by atoms with E-state index in [1.54, 1.807) is 0 Å². The third kappa shape index (κ3) is 6.86. The molecular weight excluding hydrogens is 378 g/mol. The summed E-state index contributed by atoms with van der Waals surface area (Å²) in [6.45, 7) is 0. The summed E-state index contributed by atoms with van der Waals surface area (Å²) in [6, 6.07) is 24.9. The zero-order valence-corrected chi connectivity index (χ0v) is 17.5. The smallest absolute Gasteiger partial charge is 0.191 e. The molecule has 0 aliphatic carbocycles. The van der Waals surface area contributed by atoms with Crippen LogP contribution in [-0.2, 0) is 0 Å². The highest BCUT2D eigenvalue weighted by atomic mass is 35.5. The van der Waals surface area contributed by atoms with E-state index < -0.39 is 0 Å². The molecule has 3 aromatic rings. The number of anilines is 1. The molecule has 131 valence electrons. The second-order valence-electron chi connectivity index (χ2n) is 5.51. The van der Waals surface area contributed by atoms with Crippen LogP contribution in [0.15, 0.2) is 83.9 Å². The molecule has 0 aromatic heterocycles. The molecule has 0 fully saturated rings. The number of benzene rings is 3. The van der Waals surface area contributed by atoms with E-state index in [4.69, 9.17) is 28.2 Å². The SMILES string of the molecule is Clc1ccc(N=C(Nc2ccc(Cl)cc2)c2ccccc2)cc1.[CH3][Al][CH3]. The van der Waals surface area contributed by atoms with Gasteiger partial charge in [-0.3, -0.25) is 0 Å². The molecule has 3 aromatic carbocycles. The summed E-state index contributed by atoms with van der Waals surface area (Å²) in [7, 11) is 0. The van der Waals surface area contributed by atoms with E-state index in [9.17, 15) is 0 Å². The fourth-order valence-electron chi connectivity index (χ4n) is 2.08. The first-order valence-electron chi connectivity index (χ1n) is 8.28. The molecule has 1 N–H and O–H groups in total. The van der Waals surface area contributed by atoms with Crippen molar-refractivity contribution in [1.29, 1.82) is 0 Å². The topological polar surface area (TPSA) is 24.4 Å². The molecule has 0 bridgehead atoms. The summed E-state index contributed by atoms with van der Waals surface area (Å²) in [4.78, 5) is 4.70. The highest BCUT2D eigenvalue weighted by Gasteiger charge is 2.04. The number of hydrogen-bond acceptors (Lipinski definition) is 1. The van der Waals surface area contributed by atoms with E-state index in [0.29, 0.717) is 10.0 Å². The average molecular weight is 398 g/mol. The molecule has 0 unspecified atom stereocenters. The lowest BCUT2D eigenvalue weighted by Gasteiger charge is -2.11. The number of hydrogen-bond donors (Lipinski definition) is 1. The molecule has 0 saturated heterocycles. The number of rotatable bonds is 3. The lowest BCUT2D eigenvalue weighted by atomic mass is 10.2. The van der Waals surface area contributed by atoms with Crippen molar-refractivity contribution < 1.29 is 0 Å². The Bertz CT molecular complexity index is 817. The van der Waals surface area contributed by atoms with E-state index in [2.05, 4.69) is 16.9 Å². The van der Waals surface area contributed by atoms with E-state index in [1.807, 2.05) is 78.9 Å². The Balaban J connectivity index is 0.000000758. The summed E-state index contributed by atoms with van der Waals surface area (Å²) in [6.07, 6.45) is 0. The Hall–Kier alpha value is -1.76. The van der Waals surface area contributed by atoms with Crippen LogP contribution in [0.2, 0.25) is 21.6 Å². The molecular formula is C21H20AlCl2N2. The van der Waals surface area contributed by atoms with Gasteiger partial charge in [0.15, 0.2) is 15.2 Å². The minimum atomic E-state index is 0.691. The molecule has 5 heteroatoms. The van der Waals surface area contributed by atoms with Crippen molar-refractivity contribution in [2.24, 2.45) is 4.99 Å². The maximum Gasteiger partial charge on any atom is 0.191 e. The minimum Gasteiger partial charge on any atom is -0.340 e. The predicted octanol–water partition coefficient (Wildman–Crippen LogP) is 6.97. The average Bonchev–Trinajstić information content (AvgIpc) is 2.66. The van der Waals surface area contributed by atoms with Crippen LogP contribution in [0.5, 0.6) is 0 Å². The zero-order valence-electron chi connectivity index (χ0n) is 14.8. The second-order valence-corrected chi connectivity index (χ2v) is 7.54. The van der Waals surface area contributed by atoms with Crippen LogP contribution < -0.4 is 5.32 Å². The van der Waals surface area contributed by atoms with Gasteiger partial charge in [0.2, 0.25) is 0 Å². The van der Waals surface area contributed by atoms with Gasteiger partial charge < -0.3 is 5.32 Å². The Kier molecular flexibility index (Phi) is 8.74. The number of aliphatic imine (C=N–C) groups is 1. The molecule has 3 rings (SSSR count). The Morgan fingerprint density at radius 3 is 1.81 bits per heavy atom. The van der Waals surface area contributed by atoms with Crippen molar-refractivity contribution in [1.82, 2.24) is 0 Å². The van der Waals surface area contributed by atoms with Gasteiger partial charge in [0.05, 0.1) is 5.69 Å². The number of nitrogens with zero attached hydrogens (tertiary/aromatic N) is 1. The fraction of sp³-hybridized carbons (Fsp3) is 0.0952. The molecule has 0 aliphatic heterocycles. The quantitative estimate of drug-likeness (QED) is 0.288. The van der Waals surface area contributed by atoms with E-state index in [-0.39, 0.29) is 0 Å². The van der Waals surface area contributed by atoms with Crippen LogP contribution in [0.4, 0.5) is 11.4 Å². The number of amidine groups is 1. The van der Waals surface area contributed by atoms with E-state index >= 15 is 0 Å². The number of halogens is 2. The summed E-state index contributed by atoms with van der Waals surface area (Å²) in [5.41, 5.74) is 2.75. The summed E-state index contributed by atoms with van der Waals surface area (Å²) >= 11 is 12.6. The standard InChI is InChI=1S/C19H14Cl2N2.2CH3.Al/c20-15-6-10-17(11-7-15)22-19(14-4-2-1-3-5-14)23-18-12-8-16(21)9-13-18;;;/h1-13H,(H,22,23);2*1H3;. The fourth-order valence-corrected chi connectivity index (χ4v) is 2.33. The molecule has 0 atom stereocenters. The maximum absolute atomic E-state index is 5.94. The van der Waals surface area contributed by atoms with E-state index in [0.717, 1.165) is 38.0 Å². The van der Waals surface area contributed by atoms with Gasteiger partial charge in [-0.2, -0.15) is 0 Å². The lowest BCUT2D eigenvalue weighted by molar-refractivity contribution is 1.46. The third-order valence-corrected chi connectivity index (χ3v) is 3.73. The normalized spacial score (nSPS) is 10.5.